The lowest BCUT2D eigenvalue weighted by Gasteiger charge is -2.25. The maximum Gasteiger partial charge on any atom is 0.573 e. The third kappa shape index (κ3) is 3.70. The first-order valence-corrected chi connectivity index (χ1v) is 5.74. The summed E-state index contributed by atoms with van der Waals surface area (Å²) in [7, 11) is 0. The van der Waals surface area contributed by atoms with E-state index in [1.807, 2.05) is 0 Å². The van der Waals surface area contributed by atoms with Gasteiger partial charge in [-0.15, -0.1) is 13.2 Å². The van der Waals surface area contributed by atoms with Gasteiger partial charge in [-0.3, -0.25) is 19.8 Å². The molecule has 0 unspecified atom stereocenters. The third-order valence-corrected chi connectivity index (χ3v) is 2.65. The van der Waals surface area contributed by atoms with Gasteiger partial charge in [0.25, 0.3) is 0 Å². The first-order chi connectivity index (χ1) is 9.35. The van der Waals surface area contributed by atoms with Gasteiger partial charge >= 0.3 is 6.36 Å². The van der Waals surface area contributed by atoms with Crippen LogP contribution >= 0.6 is 0 Å². The van der Waals surface area contributed by atoms with E-state index in [0.29, 0.717) is 5.56 Å². The van der Waals surface area contributed by atoms with Crippen molar-refractivity contribution in [3.63, 3.8) is 0 Å². The summed E-state index contributed by atoms with van der Waals surface area (Å²) in [5.74, 6) is -1.08. The molecule has 0 aliphatic carbocycles. The number of hydrogen-bond acceptors (Lipinski definition) is 4. The Balaban J connectivity index is 2.03. The molecule has 1 N–H and O–H groups in total. The Labute approximate surface area is 112 Å². The summed E-state index contributed by atoms with van der Waals surface area (Å²) in [5, 5.41) is 2.65. The van der Waals surface area contributed by atoms with E-state index in [-0.39, 0.29) is 37.2 Å². The van der Waals surface area contributed by atoms with Crippen molar-refractivity contribution in [3.8, 4) is 5.75 Å². The number of benzene rings is 1. The molecule has 2 amide bonds. The molecule has 1 aromatic rings. The minimum absolute atomic E-state index is 0.0334. The average molecular weight is 288 g/mol. The van der Waals surface area contributed by atoms with E-state index in [0.717, 1.165) is 17.0 Å². The highest BCUT2D eigenvalue weighted by atomic mass is 19.4. The summed E-state index contributed by atoms with van der Waals surface area (Å²) in [6.45, 7) is 0.174. The summed E-state index contributed by atoms with van der Waals surface area (Å²) in [6.07, 6.45) is -4.74. The molecule has 20 heavy (non-hydrogen) atoms. The van der Waals surface area contributed by atoms with Crippen molar-refractivity contribution >= 4 is 11.8 Å². The van der Waals surface area contributed by atoms with E-state index in [9.17, 15) is 22.8 Å². The van der Waals surface area contributed by atoms with E-state index < -0.39 is 6.36 Å². The highest BCUT2D eigenvalue weighted by Gasteiger charge is 2.31. The number of imide groups is 1. The van der Waals surface area contributed by atoms with Crippen LogP contribution in [0.15, 0.2) is 24.3 Å². The van der Waals surface area contributed by atoms with Gasteiger partial charge in [0.05, 0.1) is 19.6 Å². The molecular formula is C12H11F3N2O3. The van der Waals surface area contributed by atoms with Crippen LogP contribution in [0.25, 0.3) is 0 Å². The lowest BCUT2D eigenvalue weighted by Crippen LogP contribution is -2.51. The van der Waals surface area contributed by atoms with Crippen LogP contribution in [0.4, 0.5) is 13.2 Å². The van der Waals surface area contributed by atoms with Crippen LogP contribution in [0.3, 0.4) is 0 Å². The Bertz CT molecular complexity index is 498. The molecule has 0 spiro atoms. The Morgan fingerprint density at radius 3 is 2.15 bits per heavy atom. The highest BCUT2D eigenvalue weighted by Crippen LogP contribution is 2.23. The van der Waals surface area contributed by atoms with Crippen LogP contribution in [0.1, 0.15) is 5.56 Å². The second kappa shape index (κ2) is 5.49. The quantitative estimate of drug-likeness (QED) is 0.844. The largest absolute Gasteiger partial charge is 0.573 e. The smallest absolute Gasteiger partial charge is 0.406 e. The molecule has 108 valence electrons. The van der Waals surface area contributed by atoms with Crippen LogP contribution in [-0.2, 0) is 16.1 Å². The molecule has 1 heterocycles. The number of rotatable bonds is 3. The molecule has 0 saturated carbocycles. The zero-order chi connectivity index (χ0) is 14.8. The molecule has 8 heteroatoms. The van der Waals surface area contributed by atoms with Crippen molar-refractivity contribution in [3.05, 3.63) is 29.8 Å². The Kier molecular flexibility index (Phi) is 3.93. The molecule has 1 fully saturated rings. The van der Waals surface area contributed by atoms with Crippen molar-refractivity contribution in [1.82, 2.24) is 10.2 Å². The normalized spacial score (nSPS) is 16.4. The molecular weight excluding hydrogens is 277 g/mol. The molecule has 0 radical (unpaired) electrons. The van der Waals surface area contributed by atoms with Gasteiger partial charge in [-0.1, -0.05) is 12.1 Å². The van der Waals surface area contributed by atoms with E-state index >= 15 is 0 Å². The first-order valence-electron chi connectivity index (χ1n) is 5.74. The zero-order valence-electron chi connectivity index (χ0n) is 10.2. The van der Waals surface area contributed by atoms with Crippen molar-refractivity contribution < 1.29 is 27.5 Å². The SMILES string of the molecule is O=C1CNCC(=O)N1Cc1ccc(OC(F)(F)F)cc1. The molecule has 1 saturated heterocycles. The van der Waals surface area contributed by atoms with Gasteiger partial charge in [-0.25, -0.2) is 0 Å². The summed E-state index contributed by atoms with van der Waals surface area (Å²) < 4.78 is 39.7. The van der Waals surface area contributed by atoms with Gasteiger partial charge in [0.15, 0.2) is 0 Å². The molecule has 0 atom stereocenters. The fraction of sp³-hybridized carbons (Fsp3) is 0.333. The second-order valence-corrected chi connectivity index (χ2v) is 4.17. The van der Waals surface area contributed by atoms with Crippen molar-refractivity contribution in [2.75, 3.05) is 13.1 Å². The zero-order valence-corrected chi connectivity index (χ0v) is 10.2. The number of halogens is 3. The highest BCUT2D eigenvalue weighted by molar-refractivity contribution is 5.99. The molecule has 0 bridgehead atoms. The summed E-state index contributed by atoms with van der Waals surface area (Å²) in [5.41, 5.74) is 0.545. The fourth-order valence-electron chi connectivity index (χ4n) is 1.76. The van der Waals surface area contributed by atoms with E-state index in [1.54, 1.807) is 0 Å². The maximum atomic E-state index is 12.0. The van der Waals surface area contributed by atoms with E-state index in [2.05, 4.69) is 10.1 Å². The topological polar surface area (TPSA) is 58.6 Å². The first kappa shape index (κ1) is 14.3. The minimum Gasteiger partial charge on any atom is -0.406 e. The van der Waals surface area contributed by atoms with Crippen LogP contribution in [0.2, 0.25) is 0 Å². The summed E-state index contributed by atoms with van der Waals surface area (Å²) >= 11 is 0. The van der Waals surface area contributed by atoms with Crippen LogP contribution in [-0.4, -0.2) is 36.2 Å². The Hall–Kier alpha value is -2.09. The number of nitrogens with zero attached hydrogens (tertiary/aromatic N) is 1. The number of hydrogen-bond donors (Lipinski definition) is 1. The van der Waals surface area contributed by atoms with Crippen LogP contribution in [0.5, 0.6) is 5.75 Å². The lowest BCUT2D eigenvalue weighted by molar-refractivity contribution is -0.274. The second-order valence-electron chi connectivity index (χ2n) is 4.17. The number of amides is 2. The molecule has 1 aromatic carbocycles. The van der Waals surface area contributed by atoms with Crippen LogP contribution < -0.4 is 10.1 Å². The van der Waals surface area contributed by atoms with Gasteiger partial charge < -0.3 is 4.74 Å². The van der Waals surface area contributed by atoms with Crippen molar-refractivity contribution in [2.24, 2.45) is 0 Å². The van der Waals surface area contributed by atoms with Gasteiger partial charge in [0, 0.05) is 0 Å². The number of carbonyl (C=O) groups is 2. The molecule has 5 nitrogen and oxygen atoms in total. The standard InChI is InChI=1S/C12H11F3N2O3/c13-12(14,15)20-9-3-1-8(2-4-9)7-17-10(18)5-16-6-11(17)19/h1-4,16H,5-7H2. The van der Waals surface area contributed by atoms with Crippen molar-refractivity contribution in [1.29, 1.82) is 0 Å². The molecule has 0 aromatic heterocycles. The van der Waals surface area contributed by atoms with Gasteiger partial charge in [-0.05, 0) is 17.7 Å². The Morgan fingerprint density at radius 1 is 1.10 bits per heavy atom. The predicted octanol–water partition coefficient (Wildman–Crippen LogP) is 1.04. The van der Waals surface area contributed by atoms with Crippen molar-refractivity contribution in [2.45, 2.75) is 12.9 Å². The monoisotopic (exact) mass is 288 g/mol. The molecule has 1 aliphatic rings. The minimum atomic E-state index is -4.74. The number of carbonyl (C=O) groups excluding carboxylic acids is 2. The number of alkyl halides is 3. The molecule has 2 rings (SSSR count). The summed E-state index contributed by atoms with van der Waals surface area (Å²) in [6, 6.07) is 5.03. The maximum absolute atomic E-state index is 12.0. The van der Waals surface area contributed by atoms with E-state index in [4.69, 9.17) is 0 Å². The van der Waals surface area contributed by atoms with Gasteiger partial charge in [0.1, 0.15) is 5.75 Å². The number of nitrogens with one attached hydrogen (secondary N) is 1. The summed E-state index contributed by atoms with van der Waals surface area (Å²) in [4.78, 5) is 24.1. The van der Waals surface area contributed by atoms with Gasteiger partial charge in [-0.2, -0.15) is 0 Å². The number of piperazine rings is 1. The number of ether oxygens (including phenoxy) is 1. The predicted molar refractivity (Wildman–Crippen MR) is 61.6 cm³/mol. The van der Waals surface area contributed by atoms with E-state index in [1.165, 1.54) is 12.1 Å². The Morgan fingerprint density at radius 2 is 1.65 bits per heavy atom. The molecule has 1 aliphatic heterocycles. The van der Waals surface area contributed by atoms with Crippen LogP contribution in [0, 0.1) is 0 Å². The fourth-order valence-corrected chi connectivity index (χ4v) is 1.76. The van der Waals surface area contributed by atoms with Gasteiger partial charge in [0.2, 0.25) is 11.8 Å². The average Bonchev–Trinajstić information content (AvgIpc) is 2.34. The lowest BCUT2D eigenvalue weighted by atomic mass is 10.2. The third-order valence-electron chi connectivity index (χ3n) is 2.65.